The predicted octanol–water partition coefficient (Wildman–Crippen LogP) is -0.0725. The number of hydrogen-bond acceptors (Lipinski definition) is 0. The van der Waals surface area contributed by atoms with Gasteiger partial charge in [-0.1, -0.05) is 0 Å². The van der Waals surface area contributed by atoms with Gasteiger partial charge in [0.25, 0.3) is 0 Å². The molecule has 0 aliphatic carbocycles. The summed E-state index contributed by atoms with van der Waals surface area (Å²) in [7, 11) is 0. The summed E-state index contributed by atoms with van der Waals surface area (Å²) in [4.78, 5) is 0. The van der Waals surface area contributed by atoms with Crippen molar-refractivity contribution in [3.05, 3.63) is 0 Å². The van der Waals surface area contributed by atoms with Crippen molar-refractivity contribution < 1.29 is 611 Å². The maximum Gasteiger partial charge on any atom is 0 e. The Labute approximate surface area is 593 Å². The van der Waals surface area contributed by atoms with Crippen LogP contribution in [-0.2, 0) is 611 Å². The molecule has 0 heterocycles. The first kappa shape index (κ1) is 283. The van der Waals surface area contributed by atoms with E-state index in [4.69, 9.17) is 0 Å². The molecule has 0 radical (unpaired) electrons. The minimum Gasteiger partial charge on any atom is 0 e. The summed E-state index contributed by atoms with van der Waals surface area (Å²) in [5.41, 5.74) is 0. The molecule has 0 aliphatic heterocycles. The maximum absolute atomic E-state index is 0. The predicted molar refractivity (Wildman–Crippen MR) is 0 cm³/mol. The molecule has 0 bridgehead atoms. The van der Waals surface area contributed by atoms with Gasteiger partial charge < -0.3 is 0 Å². The number of hydrogen-bond donors (Lipinski definition) is 0. The third-order valence-corrected chi connectivity index (χ3v) is 0. The van der Waals surface area contributed by atoms with Crippen molar-refractivity contribution in [1.29, 1.82) is 0 Å². The molecule has 0 spiro atoms. The summed E-state index contributed by atoms with van der Waals surface area (Å²) in [5, 5.41) is 0. The van der Waals surface area contributed by atoms with Crippen LogP contribution in [0.15, 0.2) is 0 Å². The summed E-state index contributed by atoms with van der Waals surface area (Å²) in [5.74, 6) is 0. The van der Waals surface area contributed by atoms with Crippen LogP contribution in [0.1, 0.15) is 0 Å². The first-order chi connectivity index (χ1) is 0. The SMILES string of the molecule is [W].[W].[W].[W].[W].[W].[W].[W].[W].[W].[W].[W].[W].[W].[W].[W].[W].[W].[W].[W].[W].[W].[W].[W].[W].[W].[W].[W].[W]. The van der Waals surface area contributed by atoms with Crippen LogP contribution >= 0.6 is 0 Å². The number of rotatable bonds is 0. The first-order valence-corrected chi connectivity index (χ1v) is 0. The monoisotopic (exact) mass is 5330 g/mol. The Morgan fingerprint density at radius 1 is 0.0345 bits per heavy atom. The van der Waals surface area contributed by atoms with Crippen molar-refractivity contribution >= 4 is 0 Å². The van der Waals surface area contributed by atoms with Gasteiger partial charge in [-0.15, -0.1) is 0 Å². The van der Waals surface area contributed by atoms with Gasteiger partial charge >= 0.3 is 0 Å². The Morgan fingerprint density at radius 3 is 0.0345 bits per heavy atom. The topological polar surface area (TPSA) is 0 Å². The Morgan fingerprint density at radius 2 is 0.0345 bits per heavy atom. The van der Waals surface area contributed by atoms with Crippen molar-refractivity contribution in [2.24, 2.45) is 0 Å². The van der Waals surface area contributed by atoms with Gasteiger partial charge in [-0.25, -0.2) is 0 Å². The van der Waals surface area contributed by atoms with Crippen LogP contribution in [0.3, 0.4) is 0 Å². The van der Waals surface area contributed by atoms with Crippen LogP contribution in [0.5, 0.6) is 0 Å². The minimum absolute atomic E-state index is 0. The average molecular weight is 5330 g/mol. The summed E-state index contributed by atoms with van der Waals surface area (Å²) < 4.78 is 0. The largest absolute Gasteiger partial charge is 0 e. The zero-order valence-corrected chi connectivity index (χ0v) is 96.9. The normalized spacial score (nSPS) is 0. The molecule has 0 amide bonds. The molecule has 29 heteroatoms. The Bertz CT molecular complexity index is 0. The van der Waals surface area contributed by atoms with Crippen molar-refractivity contribution in [2.45, 2.75) is 0 Å². The second-order valence-corrected chi connectivity index (χ2v) is 0. The standard InChI is InChI=1S/29W. The quantitative estimate of drug-likeness (QED) is 0.320. The average Bonchev–Trinajstić information content (AvgIpc) is 0. The van der Waals surface area contributed by atoms with Crippen LogP contribution in [0.4, 0.5) is 0 Å². The minimum atomic E-state index is 0. The van der Waals surface area contributed by atoms with Crippen LogP contribution in [0.2, 0.25) is 0 Å². The molecular formula is W29. The fourth-order valence-electron chi connectivity index (χ4n) is 0. The fourth-order valence-corrected chi connectivity index (χ4v) is 0. The maximum atomic E-state index is 0. The molecule has 0 nitrogen and oxygen atoms in total. The van der Waals surface area contributed by atoms with Crippen LogP contribution in [-0.4, -0.2) is 0 Å². The Kier molecular flexibility index (Phi) is 2590. The first-order valence-electron chi connectivity index (χ1n) is 0. The van der Waals surface area contributed by atoms with E-state index in [9.17, 15) is 0 Å². The molecule has 0 N–H and O–H groups in total. The molecule has 0 aromatic rings. The molecule has 0 unspecified atom stereocenters. The zero-order chi connectivity index (χ0) is 0. The van der Waals surface area contributed by atoms with E-state index in [2.05, 4.69) is 0 Å². The fraction of sp³-hybridized carbons (Fsp3) is 0. The third-order valence-electron chi connectivity index (χ3n) is 0. The molecule has 0 aliphatic rings. The van der Waals surface area contributed by atoms with Crippen LogP contribution < -0.4 is 0 Å². The molecule has 0 atom stereocenters. The van der Waals surface area contributed by atoms with E-state index >= 15 is 0 Å². The molecule has 0 aromatic heterocycles. The van der Waals surface area contributed by atoms with E-state index in [1.807, 2.05) is 0 Å². The molecule has 0 fully saturated rings. The van der Waals surface area contributed by atoms with Gasteiger partial charge in [-0.05, 0) is 0 Å². The van der Waals surface area contributed by atoms with E-state index in [1.165, 1.54) is 0 Å². The van der Waals surface area contributed by atoms with E-state index < -0.39 is 0 Å². The van der Waals surface area contributed by atoms with Crippen molar-refractivity contribution in [1.82, 2.24) is 0 Å². The van der Waals surface area contributed by atoms with Gasteiger partial charge in [0.2, 0.25) is 0 Å². The van der Waals surface area contributed by atoms with E-state index in [-0.39, 0.29) is 611 Å². The van der Waals surface area contributed by atoms with Crippen LogP contribution in [0, 0.1) is 0 Å². The van der Waals surface area contributed by atoms with Gasteiger partial charge in [0.1, 0.15) is 0 Å². The molecule has 0 saturated heterocycles. The van der Waals surface area contributed by atoms with Crippen molar-refractivity contribution in [3.63, 3.8) is 0 Å². The molecule has 174 valence electrons. The van der Waals surface area contributed by atoms with Crippen LogP contribution in [0.25, 0.3) is 0 Å². The third kappa shape index (κ3) is 254. The zero-order valence-electron chi connectivity index (χ0n) is 11.8. The summed E-state index contributed by atoms with van der Waals surface area (Å²) in [6.45, 7) is 0. The van der Waals surface area contributed by atoms with E-state index in [0.717, 1.165) is 0 Å². The van der Waals surface area contributed by atoms with E-state index in [1.54, 1.807) is 0 Å². The molecule has 0 saturated carbocycles. The van der Waals surface area contributed by atoms with Crippen molar-refractivity contribution in [2.75, 3.05) is 0 Å². The molecule has 29 heavy (non-hydrogen) atoms. The second kappa shape index (κ2) is 265. The smallest absolute Gasteiger partial charge is 0 e. The molecular weight excluding hydrogens is 5330 g/mol. The Hall–Kier alpha value is 20.0. The molecule has 0 aromatic carbocycles. The van der Waals surface area contributed by atoms with Gasteiger partial charge in [-0.3, -0.25) is 0 Å². The summed E-state index contributed by atoms with van der Waals surface area (Å²) in [6.07, 6.45) is 0. The van der Waals surface area contributed by atoms with Gasteiger partial charge in [0.15, 0.2) is 0 Å². The Balaban J connectivity index is 0. The van der Waals surface area contributed by atoms with Gasteiger partial charge in [0, 0.05) is 611 Å². The summed E-state index contributed by atoms with van der Waals surface area (Å²) >= 11 is 0. The van der Waals surface area contributed by atoms with Gasteiger partial charge in [-0.2, -0.15) is 0 Å². The molecule has 0 rings (SSSR count). The van der Waals surface area contributed by atoms with Gasteiger partial charge in [0.05, 0.1) is 0 Å². The van der Waals surface area contributed by atoms with Crippen molar-refractivity contribution in [3.8, 4) is 0 Å². The summed E-state index contributed by atoms with van der Waals surface area (Å²) in [6, 6.07) is 0. The second-order valence-electron chi connectivity index (χ2n) is 0. The van der Waals surface area contributed by atoms with E-state index in [0.29, 0.717) is 0 Å².